The van der Waals surface area contributed by atoms with Crippen LogP contribution >= 0.6 is 0 Å². The van der Waals surface area contributed by atoms with Gasteiger partial charge < -0.3 is 10.0 Å². The molecule has 0 unspecified atom stereocenters. The molecule has 1 aromatic carbocycles. The van der Waals surface area contributed by atoms with E-state index in [0.29, 0.717) is 30.0 Å². The molecule has 1 aliphatic heterocycles. The Labute approximate surface area is 157 Å². The van der Waals surface area contributed by atoms with Gasteiger partial charge in [-0.25, -0.2) is 0 Å². The molecule has 2 aromatic heterocycles. The number of nitrogens with one attached hydrogen (secondary N) is 1. The minimum Gasteiger partial charge on any atom is -0.507 e. The molecule has 3 heterocycles. The number of benzene rings is 1. The second-order valence-corrected chi connectivity index (χ2v) is 6.61. The smallest absolute Gasteiger partial charge is 0.271 e. The van der Waals surface area contributed by atoms with Gasteiger partial charge in [0.15, 0.2) is 0 Å². The fourth-order valence-electron chi connectivity index (χ4n) is 3.29. The standard InChI is InChI=1S/C20H21N5O2/c26-19-4-2-1-3-16(19)17-13-18(23-22-17)20(27)25-11-9-24(10-12-25)14-15-5-7-21-8-6-15/h1-8,13,26H,9-12,14H2,(H,22,23). The molecule has 7 nitrogen and oxygen atoms in total. The largest absolute Gasteiger partial charge is 0.507 e. The van der Waals surface area contributed by atoms with Crippen molar-refractivity contribution in [2.75, 3.05) is 26.2 Å². The van der Waals surface area contributed by atoms with Crippen molar-refractivity contribution < 1.29 is 9.90 Å². The number of amides is 1. The van der Waals surface area contributed by atoms with Crippen molar-refractivity contribution in [3.63, 3.8) is 0 Å². The van der Waals surface area contributed by atoms with Gasteiger partial charge in [0.05, 0.1) is 5.69 Å². The number of nitrogens with zero attached hydrogens (tertiary/aromatic N) is 4. The number of para-hydroxylation sites is 1. The minimum atomic E-state index is -0.0623. The van der Waals surface area contributed by atoms with E-state index in [9.17, 15) is 9.90 Å². The first-order valence-electron chi connectivity index (χ1n) is 8.95. The predicted octanol–water partition coefficient (Wildman–Crippen LogP) is 2.14. The first-order chi connectivity index (χ1) is 13.2. The van der Waals surface area contributed by atoms with Gasteiger partial charge in [-0.3, -0.25) is 19.8 Å². The molecule has 2 N–H and O–H groups in total. The van der Waals surface area contributed by atoms with Crippen LogP contribution < -0.4 is 0 Å². The second kappa shape index (κ2) is 7.59. The van der Waals surface area contributed by atoms with Crippen LogP contribution in [0.25, 0.3) is 11.3 Å². The Morgan fingerprint density at radius 2 is 1.81 bits per heavy atom. The van der Waals surface area contributed by atoms with Gasteiger partial charge in [-0.1, -0.05) is 12.1 Å². The zero-order chi connectivity index (χ0) is 18.6. The molecule has 7 heteroatoms. The van der Waals surface area contributed by atoms with Crippen LogP contribution in [0.1, 0.15) is 16.1 Å². The molecular formula is C20H21N5O2. The predicted molar refractivity (Wildman–Crippen MR) is 101 cm³/mol. The molecule has 1 saturated heterocycles. The highest BCUT2D eigenvalue weighted by molar-refractivity contribution is 5.93. The van der Waals surface area contributed by atoms with E-state index in [1.807, 2.05) is 23.1 Å². The summed E-state index contributed by atoms with van der Waals surface area (Å²) in [6.07, 6.45) is 3.60. The molecule has 0 spiro atoms. The monoisotopic (exact) mass is 363 g/mol. The molecule has 0 radical (unpaired) electrons. The molecular weight excluding hydrogens is 342 g/mol. The van der Waals surface area contributed by atoms with Gasteiger partial charge in [0.1, 0.15) is 11.4 Å². The maximum atomic E-state index is 12.8. The number of H-pyrrole nitrogens is 1. The molecule has 0 bridgehead atoms. The van der Waals surface area contributed by atoms with Gasteiger partial charge in [0.25, 0.3) is 5.91 Å². The Hall–Kier alpha value is -3.19. The average molecular weight is 363 g/mol. The van der Waals surface area contributed by atoms with Gasteiger partial charge in [0, 0.05) is 50.7 Å². The SMILES string of the molecule is O=C(c1cc(-c2ccccc2O)n[nH]1)N1CCN(Cc2ccncc2)CC1. The average Bonchev–Trinajstić information content (AvgIpc) is 3.19. The Kier molecular flexibility index (Phi) is 4.84. The zero-order valence-corrected chi connectivity index (χ0v) is 14.9. The van der Waals surface area contributed by atoms with Crippen LogP contribution in [0.5, 0.6) is 5.75 Å². The molecule has 27 heavy (non-hydrogen) atoms. The Morgan fingerprint density at radius 3 is 2.56 bits per heavy atom. The quantitative estimate of drug-likeness (QED) is 0.742. The maximum absolute atomic E-state index is 12.8. The first kappa shape index (κ1) is 17.2. The molecule has 1 amide bonds. The number of piperazine rings is 1. The van der Waals surface area contributed by atoms with Gasteiger partial charge in [-0.15, -0.1) is 0 Å². The number of hydrogen-bond acceptors (Lipinski definition) is 5. The highest BCUT2D eigenvalue weighted by atomic mass is 16.3. The lowest BCUT2D eigenvalue weighted by Gasteiger charge is -2.34. The number of aromatic hydroxyl groups is 1. The lowest BCUT2D eigenvalue weighted by atomic mass is 10.1. The number of phenolic OH excluding ortho intramolecular Hbond substituents is 1. The van der Waals surface area contributed by atoms with Crippen molar-refractivity contribution in [2.45, 2.75) is 6.54 Å². The second-order valence-electron chi connectivity index (χ2n) is 6.61. The van der Waals surface area contributed by atoms with Gasteiger partial charge in [0.2, 0.25) is 0 Å². The molecule has 0 atom stereocenters. The molecule has 1 aliphatic rings. The highest BCUT2D eigenvalue weighted by Crippen LogP contribution is 2.27. The van der Waals surface area contributed by atoms with Crippen molar-refractivity contribution in [3.8, 4) is 17.0 Å². The number of aromatic nitrogens is 3. The van der Waals surface area contributed by atoms with Crippen molar-refractivity contribution in [3.05, 3.63) is 66.1 Å². The zero-order valence-electron chi connectivity index (χ0n) is 14.9. The summed E-state index contributed by atoms with van der Waals surface area (Å²) in [4.78, 5) is 21.0. The van der Waals surface area contributed by atoms with Crippen LogP contribution in [0, 0.1) is 0 Å². The van der Waals surface area contributed by atoms with Gasteiger partial charge >= 0.3 is 0 Å². The van der Waals surface area contributed by atoms with Gasteiger partial charge in [-0.2, -0.15) is 5.10 Å². The van der Waals surface area contributed by atoms with Crippen LogP contribution in [0.4, 0.5) is 0 Å². The van der Waals surface area contributed by atoms with E-state index < -0.39 is 0 Å². The number of phenols is 1. The van der Waals surface area contributed by atoms with E-state index in [-0.39, 0.29) is 11.7 Å². The maximum Gasteiger partial charge on any atom is 0.271 e. The third kappa shape index (κ3) is 3.83. The van der Waals surface area contributed by atoms with Crippen LogP contribution in [-0.2, 0) is 6.54 Å². The Balaban J connectivity index is 1.38. The number of pyridine rings is 1. The first-order valence-corrected chi connectivity index (χ1v) is 8.95. The minimum absolute atomic E-state index is 0.0623. The van der Waals surface area contributed by atoms with E-state index in [0.717, 1.165) is 19.6 Å². The third-order valence-electron chi connectivity index (χ3n) is 4.80. The third-order valence-corrected chi connectivity index (χ3v) is 4.80. The molecule has 0 saturated carbocycles. The number of aromatic amines is 1. The van der Waals surface area contributed by atoms with Crippen LogP contribution in [0.2, 0.25) is 0 Å². The van der Waals surface area contributed by atoms with Crippen molar-refractivity contribution in [2.24, 2.45) is 0 Å². The summed E-state index contributed by atoms with van der Waals surface area (Å²) in [6.45, 7) is 3.87. The van der Waals surface area contributed by atoms with Crippen LogP contribution in [0.15, 0.2) is 54.9 Å². The highest BCUT2D eigenvalue weighted by Gasteiger charge is 2.24. The summed E-state index contributed by atoms with van der Waals surface area (Å²) in [5, 5.41) is 16.9. The van der Waals surface area contributed by atoms with Crippen molar-refractivity contribution in [1.82, 2.24) is 25.0 Å². The normalized spacial score (nSPS) is 15.0. The molecule has 0 aliphatic carbocycles. The number of hydrogen-bond donors (Lipinski definition) is 2. The topological polar surface area (TPSA) is 85.3 Å². The van der Waals surface area contributed by atoms with E-state index in [2.05, 4.69) is 20.1 Å². The Bertz CT molecular complexity index is 917. The lowest BCUT2D eigenvalue weighted by Crippen LogP contribution is -2.48. The van der Waals surface area contributed by atoms with Crippen molar-refractivity contribution >= 4 is 5.91 Å². The van der Waals surface area contributed by atoms with Gasteiger partial charge in [-0.05, 0) is 35.9 Å². The van der Waals surface area contributed by atoms with E-state index in [1.165, 1.54) is 5.56 Å². The summed E-state index contributed by atoms with van der Waals surface area (Å²) in [6, 6.07) is 12.7. The summed E-state index contributed by atoms with van der Waals surface area (Å²) < 4.78 is 0. The van der Waals surface area contributed by atoms with Crippen LogP contribution in [-0.4, -0.2) is 62.2 Å². The summed E-state index contributed by atoms with van der Waals surface area (Å²) in [7, 11) is 0. The number of rotatable bonds is 4. The molecule has 1 fully saturated rings. The van der Waals surface area contributed by atoms with E-state index in [1.54, 1.807) is 36.7 Å². The van der Waals surface area contributed by atoms with E-state index in [4.69, 9.17) is 0 Å². The molecule has 3 aromatic rings. The van der Waals surface area contributed by atoms with Crippen molar-refractivity contribution in [1.29, 1.82) is 0 Å². The lowest BCUT2D eigenvalue weighted by molar-refractivity contribution is 0.0622. The summed E-state index contributed by atoms with van der Waals surface area (Å²) >= 11 is 0. The molecule has 4 rings (SSSR count). The Morgan fingerprint density at radius 1 is 1.07 bits per heavy atom. The fraction of sp³-hybridized carbons (Fsp3) is 0.250. The number of carbonyl (C=O) groups is 1. The summed E-state index contributed by atoms with van der Waals surface area (Å²) in [5.74, 6) is 0.0838. The van der Waals surface area contributed by atoms with E-state index >= 15 is 0 Å². The fourth-order valence-corrected chi connectivity index (χ4v) is 3.29. The molecule has 138 valence electrons. The number of carbonyl (C=O) groups excluding carboxylic acids is 1. The van der Waals surface area contributed by atoms with Crippen LogP contribution in [0.3, 0.4) is 0 Å². The summed E-state index contributed by atoms with van der Waals surface area (Å²) in [5.41, 5.74) is 2.84.